The number of fused-ring (bicyclic) bond motifs is 1. The highest BCUT2D eigenvalue weighted by Crippen LogP contribution is 2.38. The molecule has 4 aromatic carbocycles. The summed E-state index contributed by atoms with van der Waals surface area (Å²) in [6.07, 6.45) is 0. The molecule has 0 bridgehead atoms. The number of alkyl halides is 3. The van der Waals surface area contributed by atoms with Gasteiger partial charge in [-0.1, -0.05) is 71.7 Å². The molecule has 1 saturated heterocycles. The van der Waals surface area contributed by atoms with Crippen LogP contribution < -0.4 is 10.6 Å². The number of carbonyl (C=O) groups excluding carboxylic acids is 1. The highest BCUT2D eigenvalue weighted by Gasteiger charge is 2.50. The Labute approximate surface area is 279 Å². The number of halogens is 5. The number of hydrogen-bond donors (Lipinski definition) is 1. The summed E-state index contributed by atoms with van der Waals surface area (Å²) >= 11 is 12.4. The number of rotatable bonds is 8. The molecule has 14 heteroatoms. The van der Waals surface area contributed by atoms with Crippen molar-refractivity contribution in [2.75, 3.05) is 31.1 Å². The van der Waals surface area contributed by atoms with E-state index >= 15 is 0 Å². The van der Waals surface area contributed by atoms with Crippen LogP contribution in [0.25, 0.3) is 10.9 Å². The quantitative estimate of drug-likeness (QED) is 0.183. The Hall–Kier alpha value is -4.10. The number of sulfonamides is 1. The highest BCUT2D eigenvalue weighted by molar-refractivity contribution is 7.90. The SMILES string of the molecule is NC(=O)c1ccccc1Cn1nc(N2CCN(S(=O)(=O)C(F)(F)F)CC2)c2cc(C(c3ccc(Cl)cc3)c3ccc(Cl)cc3)ccc21. The summed E-state index contributed by atoms with van der Waals surface area (Å²) in [7, 11) is -5.46. The number of carbonyl (C=O) groups is 1. The van der Waals surface area contributed by atoms with Gasteiger partial charge in [-0.05, 0) is 64.7 Å². The van der Waals surface area contributed by atoms with Gasteiger partial charge in [0.25, 0.3) is 0 Å². The van der Waals surface area contributed by atoms with E-state index in [-0.39, 0.29) is 38.6 Å². The van der Waals surface area contributed by atoms with Crippen LogP contribution in [0.2, 0.25) is 10.0 Å². The Balaban J connectivity index is 1.46. The number of benzene rings is 4. The first-order chi connectivity index (χ1) is 22.3. The van der Waals surface area contributed by atoms with Gasteiger partial charge in [0.05, 0.1) is 12.1 Å². The molecule has 1 aliphatic heterocycles. The molecule has 1 fully saturated rings. The highest BCUT2D eigenvalue weighted by atomic mass is 35.5. The second-order valence-electron chi connectivity index (χ2n) is 11.2. The van der Waals surface area contributed by atoms with Gasteiger partial charge in [-0.25, -0.2) is 8.42 Å². The lowest BCUT2D eigenvalue weighted by Gasteiger charge is -2.34. The van der Waals surface area contributed by atoms with E-state index in [4.69, 9.17) is 34.0 Å². The zero-order valence-electron chi connectivity index (χ0n) is 24.7. The van der Waals surface area contributed by atoms with Gasteiger partial charge in [0, 0.05) is 53.1 Å². The minimum Gasteiger partial charge on any atom is -0.366 e. The molecule has 0 aliphatic carbocycles. The number of aromatic nitrogens is 2. The maximum absolute atomic E-state index is 13.3. The lowest BCUT2D eigenvalue weighted by Crippen LogP contribution is -2.52. The Kier molecular flexibility index (Phi) is 8.96. The Morgan fingerprint density at radius 3 is 1.94 bits per heavy atom. The largest absolute Gasteiger partial charge is 0.511 e. The van der Waals surface area contributed by atoms with Crippen molar-refractivity contribution in [3.8, 4) is 0 Å². The first-order valence-electron chi connectivity index (χ1n) is 14.5. The molecule has 1 amide bonds. The normalized spacial score (nSPS) is 14.6. The number of nitrogens with zero attached hydrogens (tertiary/aromatic N) is 4. The van der Waals surface area contributed by atoms with Gasteiger partial charge in [-0.3, -0.25) is 9.48 Å². The molecule has 0 unspecified atom stereocenters. The number of amides is 1. The van der Waals surface area contributed by atoms with Crippen LogP contribution in [0.5, 0.6) is 0 Å². The van der Waals surface area contributed by atoms with E-state index in [9.17, 15) is 26.4 Å². The van der Waals surface area contributed by atoms with E-state index in [0.29, 0.717) is 42.2 Å². The number of piperazine rings is 1. The first-order valence-corrected chi connectivity index (χ1v) is 16.7. The molecule has 6 rings (SSSR count). The molecule has 244 valence electrons. The molecule has 8 nitrogen and oxygen atoms in total. The van der Waals surface area contributed by atoms with Crippen molar-refractivity contribution in [2.24, 2.45) is 5.73 Å². The average molecular weight is 703 g/mol. The standard InChI is InChI=1S/C33H28Cl2F3N5O3S/c34-25-10-5-21(6-11-25)30(22-7-12-26(35)13-8-22)23-9-14-29-28(19-23)32(40-43(29)20-24-3-1-2-4-27(24)31(39)44)41-15-17-42(18-16-41)47(45,46)33(36,37)38/h1-14,19,30H,15-18,20H2,(H2,39,44). The predicted molar refractivity (Wildman–Crippen MR) is 176 cm³/mol. The molecule has 0 spiro atoms. The van der Waals surface area contributed by atoms with Crippen molar-refractivity contribution in [3.63, 3.8) is 0 Å². The fraction of sp³-hybridized carbons (Fsp3) is 0.212. The van der Waals surface area contributed by atoms with Crippen LogP contribution >= 0.6 is 23.2 Å². The number of nitrogens with two attached hydrogens (primary N) is 1. The van der Waals surface area contributed by atoms with Crippen molar-refractivity contribution in [1.29, 1.82) is 0 Å². The van der Waals surface area contributed by atoms with Gasteiger partial charge in [-0.2, -0.15) is 22.6 Å². The van der Waals surface area contributed by atoms with Crippen LogP contribution in [0.1, 0.15) is 38.5 Å². The predicted octanol–water partition coefficient (Wildman–Crippen LogP) is 6.64. The average Bonchev–Trinajstić information content (AvgIpc) is 3.40. The smallest absolute Gasteiger partial charge is 0.366 e. The zero-order chi connectivity index (χ0) is 33.5. The van der Waals surface area contributed by atoms with Crippen LogP contribution in [0.15, 0.2) is 91.0 Å². The van der Waals surface area contributed by atoms with E-state index in [1.807, 2.05) is 66.7 Å². The van der Waals surface area contributed by atoms with Crippen LogP contribution in [0.3, 0.4) is 0 Å². The second kappa shape index (κ2) is 12.8. The van der Waals surface area contributed by atoms with Crippen LogP contribution in [0, 0.1) is 0 Å². The van der Waals surface area contributed by atoms with Gasteiger partial charge < -0.3 is 10.6 Å². The third kappa shape index (κ3) is 6.55. The van der Waals surface area contributed by atoms with E-state index in [2.05, 4.69) is 0 Å². The molecule has 1 aliphatic rings. The molecular formula is C33H28Cl2F3N5O3S. The van der Waals surface area contributed by atoms with E-state index in [0.717, 1.165) is 16.7 Å². The van der Waals surface area contributed by atoms with E-state index in [1.165, 1.54) is 0 Å². The van der Waals surface area contributed by atoms with Crippen molar-refractivity contribution in [3.05, 3.63) is 129 Å². The molecule has 0 atom stereocenters. The maximum Gasteiger partial charge on any atom is 0.511 e. The summed E-state index contributed by atoms with van der Waals surface area (Å²) < 4.78 is 66.2. The molecule has 1 aromatic heterocycles. The Morgan fingerprint density at radius 2 is 1.38 bits per heavy atom. The number of anilines is 1. The maximum atomic E-state index is 13.3. The van der Waals surface area contributed by atoms with Crippen molar-refractivity contribution in [1.82, 2.24) is 14.1 Å². The van der Waals surface area contributed by atoms with Crippen molar-refractivity contribution >= 4 is 55.9 Å². The summed E-state index contributed by atoms with van der Waals surface area (Å²) in [4.78, 5) is 14.0. The topological polar surface area (TPSA) is 102 Å². The van der Waals surface area contributed by atoms with Crippen molar-refractivity contribution < 1.29 is 26.4 Å². The van der Waals surface area contributed by atoms with Crippen LogP contribution in [-0.2, 0) is 16.6 Å². The monoisotopic (exact) mass is 701 g/mol. The fourth-order valence-electron chi connectivity index (χ4n) is 5.95. The lowest BCUT2D eigenvalue weighted by molar-refractivity contribution is -0.0490. The number of hydrogen-bond acceptors (Lipinski definition) is 5. The third-order valence-corrected chi connectivity index (χ3v) is 10.4. The van der Waals surface area contributed by atoms with Gasteiger partial charge in [-0.15, -0.1) is 0 Å². The molecule has 0 radical (unpaired) electrons. The van der Waals surface area contributed by atoms with Gasteiger partial charge in [0.1, 0.15) is 0 Å². The second-order valence-corrected chi connectivity index (χ2v) is 14.0. The first kappa shape index (κ1) is 32.8. The van der Waals surface area contributed by atoms with Crippen LogP contribution in [0.4, 0.5) is 19.0 Å². The fourth-order valence-corrected chi connectivity index (χ4v) is 7.14. The Bertz CT molecular complexity index is 2000. The summed E-state index contributed by atoms with van der Waals surface area (Å²) in [6, 6.07) is 27.8. The molecular weight excluding hydrogens is 674 g/mol. The van der Waals surface area contributed by atoms with Crippen molar-refractivity contribution in [2.45, 2.75) is 18.0 Å². The van der Waals surface area contributed by atoms with Gasteiger partial charge >= 0.3 is 15.5 Å². The Morgan fingerprint density at radius 1 is 0.830 bits per heavy atom. The van der Waals surface area contributed by atoms with E-state index < -0.39 is 21.4 Å². The number of primary amides is 1. The molecule has 2 heterocycles. The van der Waals surface area contributed by atoms with E-state index in [1.54, 1.807) is 33.8 Å². The molecule has 47 heavy (non-hydrogen) atoms. The zero-order valence-corrected chi connectivity index (χ0v) is 27.0. The third-order valence-electron chi connectivity index (χ3n) is 8.27. The summed E-state index contributed by atoms with van der Waals surface area (Å²) in [5, 5.41) is 6.76. The minimum absolute atomic E-state index is 0.0126. The minimum atomic E-state index is -5.46. The molecule has 5 aromatic rings. The summed E-state index contributed by atoms with van der Waals surface area (Å²) in [5.74, 6) is -0.349. The van der Waals surface area contributed by atoms with Gasteiger partial charge in [0.15, 0.2) is 5.82 Å². The van der Waals surface area contributed by atoms with Gasteiger partial charge in [0.2, 0.25) is 5.91 Å². The molecule has 2 N–H and O–H groups in total. The molecule has 0 saturated carbocycles. The summed E-state index contributed by atoms with van der Waals surface area (Å²) in [6.45, 7) is -0.561. The lowest BCUT2D eigenvalue weighted by atomic mass is 9.85. The van der Waals surface area contributed by atoms with Crippen LogP contribution in [-0.4, -0.2) is 60.1 Å². The summed E-state index contributed by atoms with van der Waals surface area (Å²) in [5.41, 5.74) is 4.77.